The van der Waals surface area contributed by atoms with Crippen molar-refractivity contribution in [3.8, 4) is 0 Å². The van der Waals surface area contributed by atoms with Gasteiger partial charge in [0, 0.05) is 0 Å². The summed E-state index contributed by atoms with van der Waals surface area (Å²) in [4.78, 5) is 24.1. The van der Waals surface area contributed by atoms with Gasteiger partial charge in [0.05, 0.1) is 24.7 Å². The number of rotatable bonds is 1. The summed E-state index contributed by atoms with van der Waals surface area (Å²) >= 11 is 0. The van der Waals surface area contributed by atoms with Gasteiger partial charge in [0.25, 0.3) is 0 Å². The third-order valence-corrected chi connectivity index (χ3v) is 2.33. The molecule has 0 bridgehead atoms. The summed E-state index contributed by atoms with van der Waals surface area (Å²) < 4.78 is 10.6. The first-order valence-electron chi connectivity index (χ1n) is 5.87. The van der Waals surface area contributed by atoms with Crippen LogP contribution in [0.3, 0.4) is 0 Å². The monoisotopic (exact) mass is 258 g/mol. The summed E-state index contributed by atoms with van der Waals surface area (Å²) in [6.07, 6.45) is -1.66. The zero-order chi connectivity index (χ0) is 14.1. The maximum atomic E-state index is 11.9. The fourth-order valence-electron chi connectivity index (χ4n) is 1.77. The smallest absolute Gasteiger partial charge is 0.410 e. The van der Waals surface area contributed by atoms with Crippen LogP contribution in [0.15, 0.2) is 0 Å². The van der Waals surface area contributed by atoms with Crippen LogP contribution in [-0.2, 0) is 14.3 Å². The van der Waals surface area contributed by atoms with Crippen LogP contribution in [0.5, 0.6) is 0 Å². The standard InChI is InChI=1S/C12H21NO5/c1-11(2,3)18-10(16)13-6-8(9(14)15)17-12(4,5)7-13/h8H,6-7H2,1-5H3,(H,14,15)/p-1/t8-/m0/s1. The topological polar surface area (TPSA) is 78.9 Å². The Bertz CT molecular complexity index is 345. The van der Waals surface area contributed by atoms with E-state index in [0.717, 1.165) is 0 Å². The molecule has 1 rings (SSSR count). The number of carbonyl (C=O) groups is 2. The Morgan fingerprint density at radius 1 is 1.39 bits per heavy atom. The van der Waals surface area contributed by atoms with Gasteiger partial charge in [-0.1, -0.05) is 0 Å². The molecular formula is C12H20NO5-. The van der Waals surface area contributed by atoms with Crippen molar-refractivity contribution in [2.45, 2.75) is 51.9 Å². The van der Waals surface area contributed by atoms with Crippen LogP contribution in [0.4, 0.5) is 4.79 Å². The van der Waals surface area contributed by atoms with Crippen LogP contribution < -0.4 is 5.11 Å². The van der Waals surface area contributed by atoms with Crippen molar-refractivity contribution in [1.29, 1.82) is 0 Å². The third kappa shape index (κ3) is 4.18. The van der Waals surface area contributed by atoms with Crippen LogP contribution in [0.2, 0.25) is 0 Å². The van der Waals surface area contributed by atoms with E-state index in [9.17, 15) is 14.7 Å². The number of nitrogens with zero attached hydrogens (tertiary/aromatic N) is 1. The van der Waals surface area contributed by atoms with Gasteiger partial charge in [-0.25, -0.2) is 4.79 Å². The maximum Gasteiger partial charge on any atom is 0.410 e. The van der Waals surface area contributed by atoms with Crippen molar-refractivity contribution in [2.24, 2.45) is 0 Å². The van der Waals surface area contributed by atoms with E-state index in [0.29, 0.717) is 0 Å². The van der Waals surface area contributed by atoms with Gasteiger partial charge >= 0.3 is 6.09 Å². The fourth-order valence-corrected chi connectivity index (χ4v) is 1.77. The molecule has 1 heterocycles. The average molecular weight is 258 g/mol. The van der Waals surface area contributed by atoms with Gasteiger partial charge in [-0.05, 0) is 34.6 Å². The minimum Gasteiger partial charge on any atom is -0.547 e. The molecule has 104 valence electrons. The number of carboxylic acids is 1. The molecule has 0 unspecified atom stereocenters. The predicted octanol–water partition coefficient (Wildman–Crippen LogP) is 0.151. The van der Waals surface area contributed by atoms with Gasteiger partial charge in [0.1, 0.15) is 11.7 Å². The normalized spacial score (nSPS) is 23.6. The Kier molecular flexibility index (Phi) is 3.90. The number of amides is 1. The molecular weight excluding hydrogens is 238 g/mol. The summed E-state index contributed by atoms with van der Waals surface area (Å²) in [5.74, 6) is -1.32. The fraction of sp³-hybridized carbons (Fsp3) is 0.833. The van der Waals surface area contributed by atoms with Crippen molar-refractivity contribution in [2.75, 3.05) is 13.1 Å². The number of morpholine rings is 1. The third-order valence-electron chi connectivity index (χ3n) is 2.33. The van der Waals surface area contributed by atoms with Crippen LogP contribution in [-0.4, -0.2) is 47.4 Å². The second-order valence-corrected chi connectivity index (χ2v) is 6.05. The van der Waals surface area contributed by atoms with Crippen LogP contribution in [0.25, 0.3) is 0 Å². The summed E-state index contributed by atoms with van der Waals surface area (Å²) in [6, 6.07) is 0. The van der Waals surface area contributed by atoms with E-state index in [1.165, 1.54) is 4.90 Å². The molecule has 1 aliphatic heterocycles. The van der Waals surface area contributed by atoms with Gasteiger partial charge in [-0.3, -0.25) is 0 Å². The highest BCUT2D eigenvalue weighted by molar-refractivity contribution is 5.73. The van der Waals surface area contributed by atoms with Gasteiger partial charge in [-0.2, -0.15) is 0 Å². The summed E-state index contributed by atoms with van der Waals surface area (Å²) in [7, 11) is 0. The lowest BCUT2D eigenvalue weighted by molar-refractivity contribution is -0.323. The molecule has 0 N–H and O–H groups in total. The predicted molar refractivity (Wildman–Crippen MR) is 61.8 cm³/mol. The Hall–Kier alpha value is -1.30. The summed E-state index contributed by atoms with van der Waals surface area (Å²) in [5, 5.41) is 10.9. The summed E-state index contributed by atoms with van der Waals surface area (Å²) in [5.41, 5.74) is -1.35. The molecule has 0 spiro atoms. The Morgan fingerprint density at radius 3 is 2.39 bits per heavy atom. The maximum absolute atomic E-state index is 11.9. The minimum absolute atomic E-state index is 0.0549. The Balaban J connectivity index is 2.76. The van der Waals surface area contributed by atoms with E-state index in [1.807, 2.05) is 0 Å². The first-order valence-corrected chi connectivity index (χ1v) is 5.87. The number of carbonyl (C=O) groups excluding carboxylic acids is 2. The van der Waals surface area contributed by atoms with Gasteiger partial charge in [-0.15, -0.1) is 0 Å². The van der Waals surface area contributed by atoms with E-state index < -0.39 is 29.4 Å². The molecule has 1 saturated heterocycles. The van der Waals surface area contributed by atoms with Crippen molar-refractivity contribution in [1.82, 2.24) is 4.90 Å². The Morgan fingerprint density at radius 2 is 1.94 bits per heavy atom. The number of hydrogen-bond acceptors (Lipinski definition) is 5. The second kappa shape index (κ2) is 4.76. The molecule has 0 saturated carbocycles. The Labute approximate surface area is 107 Å². The molecule has 1 fully saturated rings. The van der Waals surface area contributed by atoms with Crippen LogP contribution in [0.1, 0.15) is 34.6 Å². The molecule has 6 nitrogen and oxygen atoms in total. The molecule has 0 aliphatic carbocycles. The molecule has 18 heavy (non-hydrogen) atoms. The van der Waals surface area contributed by atoms with Crippen LogP contribution in [0, 0.1) is 0 Å². The van der Waals surface area contributed by atoms with E-state index in [4.69, 9.17) is 9.47 Å². The lowest BCUT2D eigenvalue weighted by Gasteiger charge is -2.43. The molecule has 6 heteroatoms. The SMILES string of the molecule is CC(C)(C)OC(=O)N1C[C@@H](C(=O)[O-])OC(C)(C)C1. The largest absolute Gasteiger partial charge is 0.547 e. The molecule has 1 amide bonds. The lowest BCUT2D eigenvalue weighted by Crippen LogP contribution is -2.59. The first-order chi connectivity index (χ1) is 8.00. The first kappa shape index (κ1) is 14.8. The zero-order valence-electron chi connectivity index (χ0n) is 11.5. The van der Waals surface area contributed by atoms with Gasteiger partial charge < -0.3 is 24.3 Å². The molecule has 0 aromatic carbocycles. The van der Waals surface area contributed by atoms with Crippen molar-refractivity contribution < 1.29 is 24.2 Å². The van der Waals surface area contributed by atoms with Crippen molar-refractivity contribution in [3.63, 3.8) is 0 Å². The van der Waals surface area contributed by atoms with E-state index in [-0.39, 0.29) is 13.1 Å². The van der Waals surface area contributed by atoms with E-state index in [1.54, 1.807) is 34.6 Å². The zero-order valence-corrected chi connectivity index (χ0v) is 11.5. The van der Waals surface area contributed by atoms with Crippen molar-refractivity contribution in [3.05, 3.63) is 0 Å². The van der Waals surface area contributed by atoms with E-state index in [2.05, 4.69) is 0 Å². The highest BCUT2D eigenvalue weighted by atomic mass is 16.6. The highest BCUT2D eigenvalue weighted by Gasteiger charge is 2.37. The lowest BCUT2D eigenvalue weighted by atomic mass is 10.1. The number of carboxylic acid groups (broad SMARTS) is 1. The average Bonchev–Trinajstić information content (AvgIpc) is 2.12. The molecule has 1 aliphatic rings. The minimum atomic E-state index is -1.32. The quantitative estimate of drug-likeness (QED) is 0.669. The van der Waals surface area contributed by atoms with Crippen LogP contribution >= 0.6 is 0 Å². The molecule has 0 aromatic rings. The summed E-state index contributed by atoms with van der Waals surface area (Å²) in [6.45, 7) is 8.94. The number of ether oxygens (including phenoxy) is 2. The molecule has 1 atom stereocenters. The second-order valence-electron chi connectivity index (χ2n) is 6.05. The van der Waals surface area contributed by atoms with E-state index >= 15 is 0 Å². The molecule has 0 radical (unpaired) electrons. The number of aliphatic carboxylic acids is 1. The molecule has 0 aromatic heterocycles. The highest BCUT2D eigenvalue weighted by Crippen LogP contribution is 2.22. The van der Waals surface area contributed by atoms with Gasteiger partial charge in [0.2, 0.25) is 0 Å². The van der Waals surface area contributed by atoms with Crippen molar-refractivity contribution >= 4 is 12.1 Å². The van der Waals surface area contributed by atoms with Gasteiger partial charge in [0.15, 0.2) is 0 Å². The number of hydrogen-bond donors (Lipinski definition) is 0.